The standard InChI is InChI=1S/C10H8FNO3/c1-14-9-3-2-6(4-7(9)11)8-5-10(13)15-12-8/h2-4H,5H2,1H3. The minimum atomic E-state index is -0.489. The molecule has 1 aromatic rings. The zero-order chi connectivity index (χ0) is 10.8. The number of benzene rings is 1. The van der Waals surface area contributed by atoms with E-state index in [2.05, 4.69) is 9.99 Å². The molecular weight excluding hydrogens is 201 g/mol. The molecule has 0 bridgehead atoms. The fourth-order valence-electron chi connectivity index (χ4n) is 1.31. The third-order valence-electron chi connectivity index (χ3n) is 2.05. The van der Waals surface area contributed by atoms with E-state index >= 15 is 0 Å². The molecule has 0 fully saturated rings. The van der Waals surface area contributed by atoms with Crippen molar-refractivity contribution in [2.75, 3.05) is 7.11 Å². The summed E-state index contributed by atoms with van der Waals surface area (Å²) in [5, 5.41) is 3.54. The molecule has 1 aliphatic rings. The predicted octanol–water partition coefficient (Wildman–Crippen LogP) is 1.49. The molecule has 0 spiro atoms. The van der Waals surface area contributed by atoms with Crippen LogP contribution in [-0.2, 0) is 9.63 Å². The van der Waals surface area contributed by atoms with Gasteiger partial charge in [-0.2, -0.15) is 0 Å². The average Bonchev–Trinajstić information content (AvgIpc) is 2.65. The molecule has 1 aromatic carbocycles. The van der Waals surface area contributed by atoms with E-state index in [4.69, 9.17) is 4.74 Å². The molecule has 4 nitrogen and oxygen atoms in total. The van der Waals surface area contributed by atoms with Crippen molar-refractivity contribution in [2.45, 2.75) is 6.42 Å². The van der Waals surface area contributed by atoms with Crippen molar-refractivity contribution in [1.29, 1.82) is 0 Å². The van der Waals surface area contributed by atoms with E-state index in [-0.39, 0.29) is 12.2 Å². The smallest absolute Gasteiger partial charge is 0.341 e. The van der Waals surface area contributed by atoms with E-state index in [1.54, 1.807) is 6.07 Å². The van der Waals surface area contributed by atoms with Crippen LogP contribution >= 0.6 is 0 Å². The maximum atomic E-state index is 13.3. The van der Waals surface area contributed by atoms with Gasteiger partial charge in [0.1, 0.15) is 0 Å². The van der Waals surface area contributed by atoms with E-state index in [1.807, 2.05) is 0 Å². The van der Waals surface area contributed by atoms with Crippen LogP contribution < -0.4 is 4.74 Å². The molecule has 0 unspecified atom stereocenters. The maximum Gasteiger partial charge on any atom is 0.341 e. The number of ether oxygens (including phenoxy) is 1. The zero-order valence-electron chi connectivity index (χ0n) is 7.99. The van der Waals surface area contributed by atoms with Crippen LogP contribution in [0.4, 0.5) is 4.39 Å². The van der Waals surface area contributed by atoms with Gasteiger partial charge >= 0.3 is 5.97 Å². The van der Waals surface area contributed by atoms with E-state index in [0.717, 1.165) is 0 Å². The molecule has 1 aliphatic heterocycles. The second-order valence-electron chi connectivity index (χ2n) is 3.03. The number of carbonyl (C=O) groups excluding carboxylic acids is 1. The van der Waals surface area contributed by atoms with Crippen molar-refractivity contribution in [2.24, 2.45) is 5.16 Å². The molecule has 2 rings (SSSR count). The predicted molar refractivity (Wildman–Crippen MR) is 50.2 cm³/mol. The summed E-state index contributed by atoms with van der Waals surface area (Å²) in [4.78, 5) is 15.2. The van der Waals surface area contributed by atoms with Crippen LogP contribution in [0.2, 0.25) is 0 Å². The molecule has 5 heteroatoms. The number of oxime groups is 1. The van der Waals surface area contributed by atoms with Crippen LogP contribution in [0, 0.1) is 5.82 Å². The first kappa shape index (κ1) is 9.64. The van der Waals surface area contributed by atoms with Crippen LogP contribution in [0.15, 0.2) is 23.4 Å². The summed E-state index contributed by atoms with van der Waals surface area (Å²) in [7, 11) is 1.39. The molecule has 15 heavy (non-hydrogen) atoms. The summed E-state index contributed by atoms with van der Waals surface area (Å²) in [6.07, 6.45) is 0.0752. The number of carbonyl (C=O) groups is 1. The van der Waals surface area contributed by atoms with Crippen molar-refractivity contribution in [3.63, 3.8) is 0 Å². The van der Waals surface area contributed by atoms with Gasteiger partial charge in [0.05, 0.1) is 19.2 Å². The summed E-state index contributed by atoms with van der Waals surface area (Å²) in [5.74, 6) is -0.761. The maximum absolute atomic E-state index is 13.3. The fourth-order valence-corrected chi connectivity index (χ4v) is 1.31. The highest BCUT2D eigenvalue weighted by Crippen LogP contribution is 2.20. The van der Waals surface area contributed by atoms with Gasteiger partial charge in [-0.1, -0.05) is 5.16 Å². The fraction of sp³-hybridized carbons (Fsp3) is 0.200. The van der Waals surface area contributed by atoms with Gasteiger partial charge in [-0.15, -0.1) is 0 Å². The van der Waals surface area contributed by atoms with Crippen molar-refractivity contribution in [3.8, 4) is 5.75 Å². The Labute approximate surface area is 85.3 Å². The molecule has 0 N–H and O–H groups in total. The summed E-state index contributed by atoms with van der Waals surface area (Å²) in [6, 6.07) is 4.37. The number of hydrogen-bond donors (Lipinski definition) is 0. The summed E-state index contributed by atoms with van der Waals surface area (Å²) in [6.45, 7) is 0. The molecule has 0 radical (unpaired) electrons. The number of methoxy groups -OCH3 is 1. The Balaban J connectivity index is 2.31. The number of hydrogen-bond acceptors (Lipinski definition) is 4. The second-order valence-corrected chi connectivity index (χ2v) is 3.03. The molecule has 1 heterocycles. The first-order chi connectivity index (χ1) is 7.20. The van der Waals surface area contributed by atoms with E-state index in [1.165, 1.54) is 19.2 Å². The van der Waals surface area contributed by atoms with Crippen LogP contribution in [-0.4, -0.2) is 18.8 Å². The summed E-state index contributed by atoms with van der Waals surface area (Å²) >= 11 is 0. The van der Waals surface area contributed by atoms with Crippen molar-refractivity contribution >= 4 is 11.7 Å². The molecule has 0 saturated carbocycles. The third-order valence-corrected chi connectivity index (χ3v) is 2.05. The normalized spacial score (nSPS) is 14.8. The number of rotatable bonds is 2. The topological polar surface area (TPSA) is 47.9 Å². The lowest BCUT2D eigenvalue weighted by Gasteiger charge is -2.03. The van der Waals surface area contributed by atoms with Gasteiger partial charge < -0.3 is 9.57 Å². The largest absolute Gasteiger partial charge is 0.494 e. The SMILES string of the molecule is COc1ccc(C2=NOC(=O)C2)cc1F. The molecule has 0 amide bonds. The van der Waals surface area contributed by atoms with Gasteiger partial charge in [-0.05, 0) is 18.2 Å². The second kappa shape index (κ2) is 3.68. The number of nitrogens with zero attached hydrogens (tertiary/aromatic N) is 1. The highest BCUT2D eigenvalue weighted by Gasteiger charge is 2.19. The van der Waals surface area contributed by atoms with Gasteiger partial charge in [0.15, 0.2) is 11.6 Å². The Morgan fingerprint density at radius 1 is 1.53 bits per heavy atom. The highest BCUT2D eigenvalue weighted by atomic mass is 19.1. The molecular formula is C10H8FNO3. The quantitative estimate of drug-likeness (QED) is 0.693. The molecule has 0 aromatic heterocycles. The zero-order valence-corrected chi connectivity index (χ0v) is 7.99. The van der Waals surface area contributed by atoms with Crippen molar-refractivity contribution in [1.82, 2.24) is 0 Å². The van der Waals surface area contributed by atoms with Crippen LogP contribution in [0.1, 0.15) is 12.0 Å². The summed E-state index contributed by atoms with van der Waals surface area (Å²) in [5.41, 5.74) is 0.959. The minimum Gasteiger partial charge on any atom is -0.494 e. The van der Waals surface area contributed by atoms with Crippen molar-refractivity contribution in [3.05, 3.63) is 29.6 Å². The first-order valence-electron chi connectivity index (χ1n) is 4.31. The highest BCUT2D eigenvalue weighted by molar-refractivity contribution is 6.11. The molecule has 78 valence electrons. The van der Waals surface area contributed by atoms with E-state index in [9.17, 15) is 9.18 Å². The molecule has 0 aliphatic carbocycles. The monoisotopic (exact) mass is 209 g/mol. The van der Waals surface area contributed by atoms with Crippen LogP contribution in [0.3, 0.4) is 0 Å². The average molecular weight is 209 g/mol. The Hall–Kier alpha value is -1.91. The van der Waals surface area contributed by atoms with Crippen LogP contribution in [0.25, 0.3) is 0 Å². The third kappa shape index (κ3) is 1.81. The van der Waals surface area contributed by atoms with Gasteiger partial charge in [0, 0.05) is 5.56 Å². The van der Waals surface area contributed by atoms with Gasteiger partial charge in [0.25, 0.3) is 0 Å². The lowest BCUT2D eigenvalue weighted by atomic mass is 10.1. The number of halogens is 1. The van der Waals surface area contributed by atoms with E-state index in [0.29, 0.717) is 11.3 Å². The van der Waals surface area contributed by atoms with Gasteiger partial charge in [-0.25, -0.2) is 9.18 Å². The summed E-state index contributed by atoms with van der Waals surface area (Å²) < 4.78 is 18.1. The van der Waals surface area contributed by atoms with E-state index < -0.39 is 11.8 Å². The van der Waals surface area contributed by atoms with Gasteiger partial charge in [-0.3, -0.25) is 0 Å². The minimum absolute atomic E-state index is 0.0752. The molecule has 0 atom stereocenters. The Kier molecular flexibility index (Phi) is 2.37. The van der Waals surface area contributed by atoms with Crippen molar-refractivity contribution < 1.29 is 18.8 Å². The Morgan fingerprint density at radius 2 is 2.33 bits per heavy atom. The van der Waals surface area contributed by atoms with Gasteiger partial charge in [0.2, 0.25) is 0 Å². The van der Waals surface area contributed by atoms with Crippen LogP contribution in [0.5, 0.6) is 5.75 Å². The lowest BCUT2D eigenvalue weighted by Crippen LogP contribution is -2.01. The first-order valence-corrected chi connectivity index (χ1v) is 4.31. The Morgan fingerprint density at radius 3 is 2.87 bits per heavy atom. The Bertz CT molecular complexity index is 442. The lowest BCUT2D eigenvalue weighted by molar-refractivity contribution is -0.140. The molecule has 0 saturated heterocycles.